The van der Waals surface area contributed by atoms with Gasteiger partial charge in [-0.1, -0.05) is 30.3 Å². The molecule has 0 N–H and O–H groups in total. The first-order valence-electron chi connectivity index (χ1n) is 6.31. The third-order valence-corrected chi connectivity index (χ3v) is 3.82. The van der Waals surface area contributed by atoms with Crippen LogP contribution in [-0.2, 0) is 6.42 Å². The lowest BCUT2D eigenvalue weighted by Gasteiger charge is -2.14. The molecule has 1 heterocycles. The van der Waals surface area contributed by atoms with Gasteiger partial charge in [-0.05, 0) is 31.7 Å². The Morgan fingerprint density at radius 2 is 1.94 bits per heavy atom. The van der Waals surface area contributed by atoms with E-state index in [-0.39, 0.29) is 0 Å². The van der Waals surface area contributed by atoms with Gasteiger partial charge in [0.2, 0.25) is 5.13 Å². The number of benzene rings is 1. The van der Waals surface area contributed by atoms with Crippen molar-refractivity contribution >= 4 is 16.7 Å². The van der Waals surface area contributed by atoms with Crippen molar-refractivity contribution in [2.45, 2.75) is 26.2 Å². The van der Waals surface area contributed by atoms with Gasteiger partial charge in [0.1, 0.15) is 5.82 Å². The van der Waals surface area contributed by atoms with Crippen molar-refractivity contribution < 1.29 is 0 Å². The van der Waals surface area contributed by atoms with Gasteiger partial charge in [0.25, 0.3) is 0 Å². The number of hydrogen-bond donors (Lipinski definition) is 0. The second-order valence-corrected chi connectivity index (χ2v) is 5.22. The summed E-state index contributed by atoms with van der Waals surface area (Å²) in [5.74, 6) is 0.867. The highest BCUT2D eigenvalue weighted by molar-refractivity contribution is 7.09. The molecular weight excluding hydrogens is 242 g/mol. The minimum Gasteiger partial charge on any atom is -0.350 e. The molecule has 2 aromatic rings. The molecule has 0 spiro atoms. The van der Waals surface area contributed by atoms with Crippen LogP contribution in [0.25, 0.3) is 0 Å². The maximum Gasteiger partial charge on any atom is 0.204 e. The smallest absolute Gasteiger partial charge is 0.204 e. The van der Waals surface area contributed by atoms with Crippen LogP contribution in [0.1, 0.15) is 24.2 Å². The van der Waals surface area contributed by atoms with Crippen LogP contribution in [0.4, 0.5) is 5.13 Å². The zero-order valence-electron chi connectivity index (χ0n) is 11.0. The third kappa shape index (κ3) is 3.81. The van der Waals surface area contributed by atoms with Crippen LogP contribution in [0.15, 0.2) is 30.3 Å². The molecule has 0 saturated carbocycles. The summed E-state index contributed by atoms with van der Waals surface area (Å²) in [6, 6.07) is 10.7. The minimum atomic E-state index is 0.867. The Balaban J connectivity index is 1.69. The van der Waals surface area contributed by atoms with E-state index in [4.69, 9.17) is 0 Å². The van der Waals surface area contributed by atoms with E-state index in [2.05, 4.69) is 51.6 Å². The lowest BCUT2D eigenvalue weighted by Crippen LogP contribution is -2.18. The van der Waals surface area contributed by atoms with Crippen LogP contribution in [0.2, 0.25) is 0 Å². The van der Waals surface area contributed by atoms with Crippen molar-refractivity contribution in [3.8, 4) is 0 Å². The van der Waals surface area contributed by atoms with E-state index in [0.717, 1.165) is 23.9 Å². The first-order valence-corrected chi connectivity index (χ1v) is 7.08. The summed E-state index contributed by atoms with van der Waals surface area (Å²) in [5, 5.41) is 1.02. The summed E-state index contributed by atoms with van der Waals surface area (Å²) < 4.78 is 4.20. The largest absolute Gasteiger partial charge is 0.350 e. The molecule has 0 aliphatic carbocycles. The predicted molar refractivity (Wildman–Crippen MR) is 77.3 cm³/mol. The number of rotatable bonds is 6. The number of aromatic nitrogens is 2. The molecule has 0 aliphatic heterocycles. The van der Waals surface area contributed by atoms with Gasteiger partial charge in [-0.15, -0.1) is 0 Å². The van der Waals surface area contributed by atoms with Crippen molar-refractivity contribution in [1.29, 1.82) is 0 Å². The summed E-state index contributed by atoms with van der Waals surface area (Å²) in [7, 11) is 2.09. The Bertz CT molecular complexity index is 467. The molecule has 1 aromatic carbocycles. The first-order chi connectivity index (χ1) is 8.75. The number of anilines is 1. The normalized spacial score (nSPS) is 10.6. The molecule has 18 heavy (non-hydrogen) atoms. The van der Waals surface area contributed by atoms with Crippen molar-refractivity contribution in [3.05, 3.63) is 41.7 Å². The van der Waals surface area contributed by atoms with Crippen LogP contribution in [0.5, 0.6) is 0 Å². The molecule has 3 nitrogen and oxygen atoms in total. The van der Waals surface area contributed by atoms with E-state index in [1.807, 2.05) is 6.92 Å². The van der Waals surface area contributed by atoms with Gasteiger partial charge in [0.15, 0.2) is 0 Å². The number of unbranched alkanes of at least 4 members (excludes halogenated alkanes) is 1. The number of hydrogen-bond acceptors (Lipinski definition) is 4. The van der Waals surface area contributed by atoms with Gasteiger partial charge in [-0.3, -0.25) is 0 Å². The SMILES string of the molecule is Cc1nsc(N(C)CCCCc2ccccc2)n1. The van der Waals surface area contributed by atoms with Gasteiger partial charge >= 0.3 is 0 Å². The summed E-state index contributed by atoms with van der Waals surface area (Å²) in [6.07, 6.45) is 3.56. The van der Waals surface area contributed by atoms with E-state index >= 15 is 0 Å². The lowest BCUT2D eigenvalue weighted by molar-refractivity contribution is 0.718. The summed E-state index contributed by atoms with van der Waals surface area (Å²) >= 11 is 1.48. The first kappa shape index (κ1) is 13.0. The fourth-order valence-electron chi connectivity index (χ4n) is 1.86. The van der Waals surface area contributed by atoms with Gasteiger partial charge in [-0.25, -0.2) is 4.98 Å². The standard InChI is InChI=1S/C14H19N3S/c1-12-15-14(18-16-12)17(2)11-7-6-10-13-8-4-3-5-9-13/h3-5,8-9H,6-7,10-11H2,1-2H3. The number of nitrogens with zero attached hydrogens (tertiary/aromatic N) is 3. The molecule has 0 fully saturated rings. The van der Waals surface area contributed by atoms with Crippen molar-refractivity contribution in [2.75, 3.05) is 18.5 Å². The summed E-state index contributed by atoms with van der Waals surface area (Å²) in [5.41, 5.74) is 1.42. The molecule has 0 amide bonds. The van der Waals surface area contributed by atoms with Crippen LogP contribution in [0, 0.1) is 6.92 Å². The monoisotopic (exact) mass is 261 g/mol. The van der Waals surface area contributed by atoms with E-state index in [1.165, 1.54) is 29.9 Å². The fourth-order valence-corrected chi connectivity index (χ4v) is 2.52. The van der Waals surface area contributed by atoms with Crippen LogP contribution < -0.4 is 4.90 Å². The Morgan fingerprint density at radius 1 is 1.17 bits per heavy atom. The second kappa shape index (κ2) is 6.50. The van der Waals surface area contributed by atoms with Crippen LogP contribution >= 0.6 is 11.5 Å². The molecule has 1 aromatic heterocycles. The highest BCUT2D eigenvalue weighted by Crippen LogP contribution is 2.15. The lowest BCUT2D eigenvalue weighted by atomic mass is 10.1. The molecule has 0 saturated heterocycles. The van der Waals surface area contributed by atoms with E-state index < -0.39 is 0 Å². The Kier molecular flexibility index (Phi) is 4.70. The highest BCUT2D eigenvalue weighted by Gasteiger charge is 2.05. The minimum absolute atomic E-state index is 0.867. The maximum absolute atomic E-state index is 4.38. The van der Waals surface area contributed by atoms with Crippen molar-refractivity contribution in [3.63, 3.8) is 0 Å². The molecule has 4 heteroatoms. The Hall–Kier alpha value is -1.42. The molecule has 0 unspecified atom stereocenters. The van der Waals surface area contributed by atoms with Gasteiger partial charge < -0.3 is 4.90 Å². The maximum atomic E-state index is 4.38. The molecular formula is C14H19N3S. The van der Waals surface area contributed by atoms with Crippen molar-refractivity contribution in [2.24, 2.45) is 0 Å². The third-order valence-electron chi connectivity index (χ3n) is 2.90. The highest BCUT2D eigenvalue weighted by atomic mass is 32.1. The molecule has 0 atom stereocenters. The molecule has 2 rings (SSSR count). The zero-order chi connectivity index (χ0) is 12.8. The van der Waals surface area contributed by atoms with E-state index in [9.17, 15) is 0 Å². The van der Waals surface area contributed by atoms with E-state index in [1.54, 1.807) is 0 Å². The van der Waals surface area contributed by atoms with Crippen LogP contribution in [0.3, 0.4) is 0 Å². The Labute approximate surface area is 113 Å². The van der Waals surface area contributed by atoms with Gasteiger partial charge in [0, 0.05) is 25.1 Å². The fraction of sp³-hybridized carbons (Fsp3) is 0.429. The topological polar surface area (TPSA) is 29.0 Å². The average molecular weight is 261 g/mol. The molecule has 0 radical (unpaired) electrons. The van der Waals surface area contributed by atoms with E-state index in [0.29, 0.717) is 0 Å². The zero-order valence-corrected chi connectivity index (χ0v) is 11.8. The van der Waals surface area contributed by atoms with Crippen molar-refractivity contribution in [1.82, 2.24) is 9.36 Å². The van der Waals surface area contributed by atoms with Gasteiger partial charge in [-0.2, -0.15) is 4.37 Å². The Morgan fingerprint density at radius 3 is 2.61 bits per heavy atom. The molecule has 0 bridgehead atoms. The number of aryl methyl sites for hydroxylation is 2. The van der Waals surface area contributed by atoms with Gasteiger partial charge in [0.05, 0.1) is 0 Å². The molecule has 0 aliphatic rings. The quantitative estimate of drug-likeness (QED) is 0.747. The van der Waals surface area contributed by atoms with Crippen LogP contribution in [-0.4, -0.2) is 22.9 Å². The average Bonchev–Trinajstić information content (AvgIpc) is 2.82. The molecule has 96 valence electrons. The summed E-state index contributed by atoms with van der Waals surface area (Å²) in [4.78, 5) is 6.57. The summed E-state index contributed by atoms with van der Waals surface area (Å²) in [6.45, 7) is 2.98. The second-order valence-electron chi connectivity index (χ2n) is 4.49. The predicted octanol–water partition coefficient (Wildman–Crippen LogP) is 3.31.